The van der Waals surface area contributed by atoms with Crippen molar-refractivity contribution in [3.63, 3.8) is 0 Å². The van der Waals surface area contributed by atoms with Crippen LogP contribution >= 0.6 is 23.2 Å². The van der Waals surface area contributed by atoms with Crippen molar-refractivity contribution < 1.29 is 9.59 Å². The second-order valence-corrected chi connectivity index (χ2v) is 9.24. The van der Waals surface area contributed by atoms with Crippen molar-refractivity contribution >= 4 is 35.0 Å². The van der Waals surface area contributed by atoms with Crippen LogP contribution < -0.4 is 11.0 Å². The molecule has 7 nitrogen and oxygen atoms in total. The molecular formula is C27H22Cl2N4O3. The molecule has 3 aromatic carbocycles. The van der Waals surface area contributed by atoms with Gasteiger partial charge in [-0.1, -0.05) is 71.7 Å². The molecule has 2 amide bonds. The lowest BCUT2D eigenvalue weighted by Gasteiger charge is -2.28. The zero-order valence-corrected chi connectivity index (χ0v) is 20.7. The Morgan fingerprint density at radius 1 is 0.861 bits per heavy atom. The molecule has 182 valence electrons. The number of carbonyl (C=O) groups is 2. The Morgan fingerprint density at radius 3 is 2.25 bits per heavy atom. The molecule has 4 aromatic rings. The maximum Gasteiger partial charge on any atom is 0.333 e. The minimum atomic E-state index is -0.391. The van der Waals surface area contributed by atoms with E-state index in [0.717, 1.165) is 5.56 Å². The highest BCUT2D eigenvalue weighted by Crippen LogP contribution is 2.25. The van der Waals surface area contributed by atoms with Crippen molar-refractivity contribution in [2.45, 2.75) is 19.6 Å². The minimum absolute atomic E-state index is 0.0994. The Kier molecular flexibility index (Phi) is 6.67. The van der Waals surface area contributed by atoms with Crippen molar-refractivity contribution in [3.8, 4) is 5.69 Å². The van der Waals surface area contributed by atoms with E-state index in [2.05, 4.69) is 5.32 Å². The molecule has 36 heavy (non-hydrogen) atoms. The number of imidazole rings is 1. The van der Waals surface area contributed by atoms with E-state index < -0.39 is 5.91 Å². The number of hydrogen-bond acceptors (Lipinski definition) is 3. The van der Waals surface area contributed by atoms with Gasteiger partial charge in [-0.05, 0) is 35.9 Å². The van der Waals surface area contributed by atoms with Gasteiger partial charge in [0.1, 0.15) is 5.69 Å². The lowest BCUT2D eigenvalue weighted by atomic mass is 10.1. The Morgan fingerprint density at radius 2 is 1.56 bits per heavy atom. The molecule has 2 heterocycles. The summed E-state index contributed by atoms with van der Waals surface area (Å²) < 4.78 is 2.99. The number of para-hydroxylation sites is 1. The molecule has 0 atom stereocenters. The summed E-state index contributed by atoms with van der Waals surface area (Å²) in [6, 6.07) is 23.3. The lowest BCUT2D eigenvalue weighted by Crippen LogP contribution is -2.41. The first kappa shape index (κ1) is 23.9. The van der Waals surface area contributed by atoms with Crippen LogP contribution in [-0.4, -0.2) is 32.4 Å². The van der Waals surface area contributed by atoms with E-state index in [1.54, 1.807) is 33.7 Å². The molecule has 1 aliphatic heterocycles. The molecule has 0 unspecified atom stereocenters. The number of nitrogens with zero attached hydrogens (tertiary/aromatic N) is 3. The molecule has 1 N–H and O–H groups in total. The number of aromatic nitrogens is 2. The monoisotopic (exact) mass is 520 g/mol. The van der Waals surface area contributed by atoms with E-state index in [-0.39, 0.29) is 35.4 Å². The summed E-state index contributed by atoms with van der Waals surface area (Å²) in [5.74, 6) is -0.646. The van der Waals surface area contributed by atoms with E-state index >= 15 is 0 Å². The first-order chi connectivity index (χ1) is 17.4. The summed E-state index contributed by atoms with van der Waals surface area (Å²) in [5, 5.41) is 3.57. The number of fused-ring (bicyclic) bond motifs is 1. The van der Waals surface area contributed by atoms with Crippen LogP contribution in [0, 0.1) is 0 Å². The molecule has 0 bridgehead atoms. The molecule has 0 saturated heterocycles. The van der Waals surface area contributed by atoms with Crippen molar-refractivity contribution in [2.75, 3.05) is 6.54 Å². The number of hydrogen-bond donors (Lipinski definition) is 1. The fourth-order valence-electron chi connectivity index (χ4n) is 4.36. The van der Waals surface area contributed by atoms with Crippen molar-refractivity contribution in [1.29, 1.82) is 0 Å². The van der Waals surface area contributed by atoms with E-state index in [1.165, 1.54) is 10.6 Å². The zero-order valence-electron chi connectivity index (χ0n) is 19.2. The Bertz CT molecular complexity index is 1500. The molecule has 9 heteroatoms. The molecule has 1 aliphatic rings. The molecule has 1 aromatic heterocycles. The topological polar surface area (TPSA) is 76.3 Å². The average Bonchev–Trinajstić information content (AvgIpc) is 3.21. The first-order valence-corrected chi connectivity index (χ1v) is 12.2. The molecule has 0 spiro atoms. The standard InChI is InChI=1S/C27H22Cl2N4O3/c28-21-12-11-19(15-22(21)29)26(35)31-13-14-32-23(17-31)24(25(34)30-16-18-7-3-1-4-8-18)33(27(32)36)20-9-5-2-6-10-20/h1-12,15H,13-14,16-17H2,(H,30,34). The van der Waals surface area contributed by atoms with Crippen LogP contribution in [0.2, 0.25) is 10.0 Å². The second kappa shape index (κ2) is 10.0. The summed E-state index contributed by atoms with van der Waals surface area (Å²) >= 11 is 12.1. The highest BCUT2D eigenvalue weighted by atomic mass is 35.5. The Labute approximate surface area is 217 Å². The highest BCUT2D eigenvalue weighted by Gasteiger charge is 2.32. The van der Waals surface area contributed by atoms with Crippen molar-refractivity contribution in [2.24, 2.45) is 0 Å². The van der Waals surface area contributed by atoms with Gasteiger partial charge in [0, 0.05) is 25.2 Å². The zero-order chi connectivity index (χ0) is 25.2. The number of amides is 2. The van der Waals surface area contributed by atoms with Crippen LogP contribution in [0.5, 0.6) is 0 Å². The van der Waals surface area contributed by atoms with E-state index in [9.17, 15) is 14.4 Å². The summed E-state index contributed by atoms with van der Waals surface area (Å²) in [6.07, 6.45) is 0. The van der Waals surface area contributed by atoms with Crippen LogP contribution in [0.15, 0.2) is 83.7 Å². The smallest absolute Gasteiger partial charge is 0.333 e. The third kappa shape index (κ3) is 4.55. The number of rotatable bonds is 5. The van der Waals surface area contributed by atoms with Crippen LogP contribution in [0.4, 0.5) is 0 Å². The Balaban J connectivity index is 1.52. The second-order valence-electron chi connectivity index (χ2n) is 8.42. The average molecular weight is 521 g/mol. The van der Waals surface area contributed by atoms with Crippen molar-refractivity contribution in [3.05, 3.63) is 122 Å². The van der Waals surface area contributed by atoms with Gasteiger partial charge < -0.3 is 10.2 Å². The van der Waals surface area contributed by atoms with Crippen LogP contribution in [0.1, 0.15) is 32.1 Å². The summed E-state index contributed by atoms with van der Waals surface area (Å²) in [5.41, 5.74) is 2.28. The van der Waals surface area contributed by atoms with Gasteiger partial charge in [0.15, 0.2) is 0 Å². The molecule has 0 radical (unpaired) electrons. The van der Waals surface area contributed by atoms with Gasteiger partial charge in [-0.3, -0.25) is 18.7 Å². The third-order valence-corrected chi connectivity index (χ3v) is 6.90. The molecule has 0 fully saturated rings. The van der Waals surface area contributed by atoms with Crippen LogP contribution in [0.3, 0.4) is 0 Å². The summed E-state index contributed by atoms with van der Waals surface area (Å²) in [6.45, 7) is 0.983. The number of carbonyl (C=O) groups excluding carboxylic acids is 2. The molecule has 0 aliphatic carbocycles. The largest absolute Gasteiger partial charge is 0.347 e. The minimum Gasteiger partial charge on any atom is -0.347 e. The van der Waals surface area contributed by atoms with Crippen LogP contribution in [0.25, 0.3) is 5.69 Å². The van der Waals surface area contributed by atoms with Gasteiger partial charge >= 0.3 is 5.69 Å². The highest BCUT2D eigenvalue weighted by molar-refractivity contribution is 6.42. The van der Waals surface area contributed by atoms with E-state index in [1.807, 2.05) is 48.5 Å². The van der Waals surface area contributed by atoms with E-state index in [0.29, 0.717) is 35.1 Å². The van der Waals surface area contributed by atoms with Gasteiger partial charge in [0.2, 0.25) is 0 Å². The fourth-order valence-corrected chi connectivity index (χ4v) is 4.65. The summed E-state index contributed by atoms with van der Waals surface area (Å²) in [7, 11) is 0. The Hall–Kier alpha value is -3.81. The van der Waals surface area contributed by atoms with Gasteiger partial charge in [0.25, 0.3) is 11.8 Å². The predicted octanol–water partition coefficient (Wildman–Crippen LogP) is 4.53. The first-order valence-electron chi connectivity index (χ1n) is 11.4. The number of benzene rings is 3. The third-order valence-electron chi connectivity index (χ3n) is 6.16. The maximum atomic E-state index is 13.5. The number of halogens is 2. The van der Waals surface area contributed by atoms with Gasteiger partial charge in [-0.25, -0.2) is 4.79 Å². The maximum absolute atomic E-state index is 13.5. The number of nitrogens with one attached hydrogen (secondary N) is 1. The predicted molar refractivity (Wildman–Crippen MR) is 139 cm³/mol. The van der Waals surface area contributed by atoms with E-state index in [4.69, 9.17) is 23.2 Å². The van der Waals surface area contributed by atoms with Gasteiger partial charge in [-0.15, -0.1) is 0 Å². The normalized spacial score (nSPS) is 12.8. The van der Waals surface area contributed by atoms with Gasteiger partial charge in [-0.2, -0.15) is 0 Å². The van der Waals surface area contributed by atoms with Gasteiger partial charge in [0.05, 0.1) is 28.0 Å². The molecule has 5 rings (SSSR count). The SMILES string of the molecule is O=C(NCc1ccccc1)c1c2n(c(=O)n1-c1ccccc1)CCN(C(=O)c1ccc(Cl)c(Cl)c1)C2. The van der Waals surface area contributed by atoms with Crippen LogP contribution in [-0.2, 0) is 19.6 Å². The summed E-state index contributed by atoms with van der Waals surface area (Å²) in [4.78, 5) is 41.8. The quantitative estimate of drug-likeness (QED) is 0.419. The molecular weight excluding hydrogens is 499 g/mol. The fraction of sp³-hybridized carbons (Fsp3) is 0.148. The lowest BCUT2D eigenvalue weighted by molar-refractivity contribution is 0.0706. The van der Waals surface area contributed by atoms with Crippen molar-refractivity contribution in [1.82, 2.24) is 19.4 Å². The molecule has 0 saturated carbocycles.